The SMILES string of the molecule is O=C(O)C(F)(F)F.O=C1CNS(=O)(=O)N1. The number of rotatable bonds is 0. The zero-order valence-electron chi connectivity index (χ0n) is 6.83. The van der Waals surface area contributed by atoms with Gasteiger partial charge < -0.3 is 5.11 Å². The molecule has 0 unspecified atom stereocenters. The third kappa shape index (κ3) is 5.85. The lowest BCUT2D eigenvalue weighted by Crippen LogP contribution is -2.24. The molecule has 15 heavy (non-hydrogen) atoms. The lowest BCUT2D eigenvalue weighted by molar-refractivity contribution is -0.192. The molecule has 88 valence electrons. The summed E-state index contributed by atoms with van der Waals surface area (Å²) >= 11 is 0. The lowest BCUT2D eigenvalue weighted by Gasteiger charge is -1.93. The molecule has 0 aliphatic carbocycles. The minimum atomic E-state index is -5.08. The Kier molecular flexibility index (Phi) is 4.04. The number of carboxylic acids is 1. The molecule has 1 fully saturated rings. The van der Waals surface area contributed by atoms with Crippen LogP contribution in [0.25, 0.3) is 0 Å². The fraction of sp³-hybridized carbons (Fsp3) is 0.500. The average molecular weight is 250 g/mol. The summed E-state index contributed by atoms with van der Waals surface area (Å²) in [4.78, 5) is 19.0. The van der Waals surface area contributed by atoms with Crippen molar-refractivity contribution in [3.05, 3.63) is 0 Å². The van der Waals surface area contributed by atoms with E-state index in [1.54, 1.807) is 4.72 Å². The van der Waals surface area contributed by atoms with Gasteiger partial charge in [0, 0.05) is 0 Å². The molecule has 1 amide bonds. The van der Waals surface area contributed by atoms with Gasteiger partial charge in [0.2, 0.25) is 5.91 Å². The van der Waals surface area contributed by atoms with E-state index in [0.717, 1.165) is 0 Å². The highest BCUT2D eigenvalue weighted by Crippen LogP contribution is 2.13. The number of carbonyl (C=O) groups excluding carboxylic acids is 1. The molecule has 7 nitrogen and oxygen atoms in total. The first-order chi connectivity index (χ1) is 6.54. The van der Waals surface area contributed by atoms with Crippen molar-refractivity contribution in [2.75, 3.05) is 6.54 Å². The molecule has 0 aromatic carbocycles. The maximum Gasteiger partial charge on any atom is 0.490 e. The van der Waals surface area contributed by atoms with Crippen molar-refractivity contribution in [1.82, 2.24) is 9.44 Å². The quantitative estimate of drug-likeness (QED) is 0.488. The summed E-state index contributed by atoms with van der Waals surface area (Å²) in [5.74, 6) is -3.27. The Labute approximate surface area is 81.4 Å². The standard InChI is InChI=1S/C2HF3O2.C2H4N2O3S/c3-2(4,5)1(6)7;5-2-1-3-8(6,7)4-2/h(H,6,7);3H,1H2,(H,4,5). The maximum atomic E-state index is 10.6. The monoisotopic (exact) mass is 250 g/mol. The molecule has 0 atom stereocenters. The highest BCUT2D eigenvalue weighted by atomic mass is 32.2. The van der Waals surface area contributed by atoms with Crippen molar-refractivity contribution in [2.45, 2.75) is 6.18 Å². The van der Waals surface area contributed by atoms with Crippen molar-refractivity contribution >= 4 is 22.1 Å². The first kappa shape index (κ1) is 13.6. The van der Waals surface area contributed by atoms with E-state index in [1.807, 2.05) is 4.72 Å². The van der Waals surface area contributed by atoms with Crippen LogP contribution in [0.5, 0.6) is 0 Å². The number of carbonyl (C=O) groups is 2. The first-order valence-corrected chi connectivity index (χ1v) is 4.63. The van der Waals surface area contributed by atoms with Gasteiger partial charge in [-0.1, -0.05) is 0 Å². The molecule has 1 aliphatic rings. The van der Waals surface area contributed by atoms with E-state index in [9.17, 15) is 26.4 Å². The van der Waals surface area contributed by atoms with Crippen LogP contribution in [0.3, 0.4) is 0 Å². The second kappa shape index (κ2) is 4.44. The third-order valence-corrected chi connectivity index (χ3v) is 1.93. The van der Waals surface area contributed by atoms with Crippen molar-refractivity contribution in [1.29, 1.82) is 0 Å². The van der Waals surface area contributed by atoms with Gasteiger partial charge in [0.05, 0.1) is 6.54 Å². The molecule has 1 saturated heterocycles. The molecule has 0 saturated carbocycles. The van der Waals surface area contributed by atoms with Crippen LogP contribution in [-0.2, 0) is 19.8 Å². The molecule has 1 heterocycles. The van der Waals surface area contributed by atoms with E-state index in [-0.39, 0.29) is 6.54 Å². The van der Waals surface area contributed by atoms with Gasteiger partial charge in [0.1, 0.15) is 0 Å². The van der Waals surface area contributed by atoms with E-state index in [0.29, 0.717) is 0 Å². The second-order valence-corrected chi connectivity index (χ2v) is 3.65. The van der Waals surface area contributed by atoms with Gasteiger partial charge in [-0.15, -0.1) is 0 Å². The number of hydrogen-bond donors (Lipinski definition) is 3. The minimum Gasteiger partial charge on any atom is -0.475 e. The number of nitrogens with one attached hydrogen (secondary N) is 2. The molecule has 0 bridgehead atoms. The Bertz CT molecular complexity index is 361. The molecule has 0 spiro atoms. The summed E-state index contributed by atoms with van der Waals surface area (Å²) in [5.41, 5.74) is 0. The number of aliphatic carboxylic acids is 1. The van der Waals surface area contributed by atoms with Crippen molar-refractivity contribution in [3.8, 4) is 0 Å². The van der Waals surface area contributed by atoms with Crippen molar-refractivity contribution in [3.63, 3.8) is 0 Å². The zero-order valence-corrected chi connectivity index (χ0v) is 7.65. The minimum absolute atomic E-state index is 0.137. The fourth-order valence-electron chi connectivity index (χ4n) is 0.383. The molecular weight excluding hydrogens is 245 g/mol. The summed E-state index contributed by atoms with van der Waals surface area (Å²) in [7, 11) is -3.45. The number of halogens is 3. The van der Waals surface area contributed by atoms with Crippen LogP contribution in [0.2, 0.25) is 0 Å². The lowest BCUT2D eigenvalue weighted by atomic mass is 10.7. The summed E-state index contributed by atoms with van der Waals surface area (Å²) in [6.07, 6.45) is -5.08. The van der Waals surface area contributed by atoms with Crippen LogP contribution in [0, 0.1) is 0 Å². The number of carboxylic acid groups (broad SMARTS) is 1. The van der Waals surface area contributed by atoms with Crippen molar-refractivity contribution in [2.24, 2.45) is 0 Å². The maximum absolute atomic E-state index is 10.6. The number of amides is 1. The molecule has 11 heteroatoms. The van der Waals surface area contributed by atoms with E-state index in [1.165, 1.54) is 0 Å². The van der Waals surface area contributed by atoms with Gasteiger partial charge in [-0.25, -0.2) is 9.52 Å². The molecule has 0 aromatic heterocycles. The third-order valence-electron chi connectivity index (χ3n) is 0.913. The topological polar surface area (TPSA) is 113 Å². The highest BCUT2D eigenvalue weighted by molar-refractivity contribution is 7.88. The number of hydrogen-bond acceptors (Lipinski definition) is 4. The predicted molar refractivity (Wildman–Crippen MR) is 38.8 cm³/mol. The Hall–Kier alpha value is -1.36. The van der Waals surface area contributed by atoms with Crippen LogP contribution in [-0.4, -0.2) is 38.1 Å². The van der Waals surface area contributed by atoms with E-state index < -0.39 is 28.3 Å². The Balaban J connectivity index is 0.000000265. The average Bonchev–Trinajstić information content (AvgIpc) is 2.28. The smallest absolute Gasteiger partial charge is 0.475 e. The van der Waals surface area contributed by atoms with E-state index in [2.05, 4.69) is 0 Å². The van der Waals surface area contributed by atoms with Crippen LogP contribution in [0.4, 0.5) is 13.2 Å². The molecule has 0 radical (unpaired) electrons. The van der Waals surface area contributed by atoms with Gasteiger partial charge in [-0.05, 0) is 0 Å². The first-order valence-electron chi connectivity index (χ1n) is 3.15. The Morgan fingerprint density at radius 2 is 1.80 bits per heavy atom. The van der Waals surface area contributed by atoms with Crippen LogP contribution in [0.1, 0.15) is 0 Å². The Morgan fingerprint density at radius 3 is 1.87 bits per heavy atom. The fourth-order valence-corrected chi connectivity index (χ4v) is 1.15. The van der Waals surface area contributed by atoms with E-state index in [4.69, 9.17) is 9.90 Å². The summed E-state index contributed by atoms with van der Waals surface area (Å²) in [5, 5.41) is 7.12. The highest BCUT2D eigenvalue weighted by Gasteiger charge is 2.38. The molecule has 1 rings (SSSR count). The zero-order chi connectivity index (χ0) is 12.3. The van der Waals surface area contributed by atoms with Gasteiger partial charge in [0.15, 0.2) is 0 Å². The normalized spacial score (nSPS) is 18.7. The van der Waals surface area contributed by atoms with Gasteiger partial charge in [-0.2, -0.15) is 26.3 Å². The van der Waals surface area contributed by atoms with Crippen LogP contribution < -0.4 is 9.44 Å². The summed E-state index contributed by atoms with van der Waals surface area (Å²) in [6.45, 7) is -0.137. The van der Waals surface area contributed by atoms with E-state index >= 15 is 0 Å². The van der Waals surface area contributed by atoms with Crippen LogP contribution >= 0.6 is 0 Å². The second-order valence-electron chi connectivity index (χ2n) is 2.15. The summed E-state index contributed by atoms with van der Waals surface area (Å²) < 4.78 is 55.8. The molecule has 3 N–H and O–H groups in total. The van der Waals surface area contributed by atoms with Gasteiger partial charge >= 0.3 is 22.4 Å². The van der Waals surface area contributed by atoms with Gasteiger partial charge in [0.25, 0.3) is 0 Å². The van der Waals surface area contributed by atoms with Crippen molar-refractivity contribution < 1.29 is 36.3 Å². The van der Waals surface area contributed by atoms with Crippen LogP contribution in [0.15, 0.2) is 0 Å². The Morgan fingerprint density at radius 1 is 1.40 bits per heavy atom. The largest absolute Gasteiger partial charge is 0.490 e. The molecule has 0 aromatic rings. The molecule has 1 aliphatic heterocycles. The number of alkyl halides is 3. The molecular formula is C4H5F3N2O5S. The summed E-state index contributed by atoms with van der Waals surface area (Å²) in [6, 6.07) is 0. The predicted octanol–water partition coefficient (Wildman–Crippen LogP) is -1.42. The van der Waals surface area contributed by atoms with Gasteiger partial charge in [-0.3, -0.25) is 4.79 Å².